The Morgan fingerprint density at radius 1 is 0.963 bits per heavy atom. The van der Waals surface area contributed by atoms with Crippen LogP contribution in [0.15, 0.2) is 54.6 Å². The van der Waals surface area contributed by atoms with Crippen molar-refractivity contribution in [3.8, 4) is 11.5 Å². The molecule has 0 saturated carbocycles. The minimum absolute atomic E-state index is 0.223. The Morgan fingerprint density at radius 2 is 1.70 bits per heavy atom. The second kappa shape index (κ2) is 10.6. The van der Waals surface area contributed by atoms with Gasteiger partial charge in [-0.1, -0.05) is 24.3 Å². The van der Waals surface area contributed by atoms with Crippen molar-refractivity contribution in [2.24, 2.45) is 0 Å². The highest BCUT2D eigenvalue weighted by molar-refractivity contribution is 5.97. The summed E-state index contributed by atoms with van der Waals surface area (Å²) in [6.45, 7) is -0.0120. The minimum Gasteiger partial charge on any atom is -0.457 e. The highest BCUT2D eigenvalue weighted by atomic mass is 16.5. The van der Waals surface area contributed by atoms with Crippen molar-refractivity contribution in [2.45, 2.75) is 0 Å². The molecule has 0 saturated heterocycles. The van der Waals surface area contributed by atoms with Crippen LogP contribution in [0.1, 0.15) is 10.4 Å². The van der Waals surface area contributed by atoms with Gasteiger partial charge in [0, 0.05) is 13.7 Å². The lowest BCUT2D eigenvalue weighted by Gasteiger charge is -2.09. The molecule has 27 heavy (non-hydrogen) atoms. The molecule has 0 bridgehead atoms. The number of esters is 1. The summed E-state index contributed by atoms with van der Waals surface area (Å²) in [5, 5.41) is 4.45. The molecule has 0 heterocycles. The monoisotopic (exact) mass is 372 g/mol. The molecule has 8 nitrogen and oxygen atoms in total. The zero-order valence-corrected chi connectivity index (χ0v) is 14.8. The first-order valence-corrected chi connectivity index (χ1v) is 8.15. The lowest BCUT2D eigenvalue weighted by molar-refractivity contribution is -0.123. The van der Waals surface area contributed by atoms with E-state index < -0.39 is 24.5 Å². The van der Waals surface area contributed by atoms with Crippen LogP contribution in [0.2, 0.25) is 0 Å². The van der Waals surface area contributed by atoms with E-state index in [-0.39, 0.29) is 12.1 Å². The van der Waals surface area contributed by atoms with Crippen LogP contribution in [0.4, 0.5) is 4.79 Å². The number of methoxy groups -OCH3 is 1. The number of amides is 3. The van der Waals surface area contributed by atoms with Gasteiger partial charge in [0.1, 0.15) is 11.5 Å². The lowest BCUT2D eigenvalue weighted by atomic mass is 10.2. The van der Waals surface area contributed by atoms with Crippen molar-refractivity contribution in [3.05, 3.63) is 60.2 Å². The van der Waals surface area contributed by atoms with Crippen LogP contribution in [0.25, 0.3) is 0 Å². The first kappa shape index (κ1) is 19.9. The average Bonchev–Trinajstić information content (AvgIpc) is 2.67. The fraction of sp³-hybridized carbons (Fsp3) is 0.211. The van der Waals surface area contributed by atoms with Gasteiger partial charge in [-0.2, -0.15) is 0 Å². The standard InChI is InChI=1S/C19H20N2O6/c1-25-11-10-20-19(24)21-17(22)13-26-18(23)14-6-5-9-16(12-14)27-15-7-3-2-4-8-15/h2-9,12H,10-11,13H2,1H3,(H2,20,21,22,24). The lowest BCUT2D eigenvalue weighted by Crippen LogP contribution is -2.42. The number of carbonyl (C=O) groups is 3. The van der Waals surface area contributed by atoms with Gasteiger partial charge in [0.25, 0.3) is 5.91 Å². The van der Waals surface area contributed by atoms with Gasteiger partial charge in [0.2, 0.25) is 0 Å². The molecule has 0 spiro atoms. The minimum atomic E-state index is -0.741. The van der Waals surface area contributed by atoms with Crippen molar-refractivity contribution in [1.29, 1.82) is 0 Å². The predicted molar refractivity (Wildman–Crippen MR) is 96.7 cm³/mol. The number of benzene rings is 2. The van der Waals surface area contributed by atoms with E-state index >= 15 is 0 Å². The number of nitrogens with one attached hydrogen (secondary N) is 2. The third kappa shape index (κ3) is 7.17. The number of imide groups is 1. The van der Waals surface area contributed by atoms with Gasteiger partial charge in [-0.05, 0) is 30.3 Å². The van der Waals surface area contributed by atoms with E-state index in [0.717, 1.165) is 0 Å². The van der Waals surface area contributed by atoms with Gasteiger partial charge in [-0.15, -0.1) is 0 Å². The molecule has 2 rings (SSSR count). The largest absolute Gasteiger partial charge is 0.457 e. The third-order valence-electron chi connectivity index (χ3n) is 3.23. The van der Waals surface area contributed by atoms with E-state index in [1.165, 1.54) is 19.2 Å². The number of hydrogen-bond donors (Lipinski definition) is 2. The second-order valence-corrected chi connectivity index (χ2v) is 5.32. The molecule has 0 fully saturated rings. The maximum absolute atomic E-state index is 12.1. The van der Waals surface area contributed by atoms with Gasteiger partial charge in [0.05, 0.1) is 12.2 Å². The number of para-hydroxylation sites is 1. The SMILES string of the molecule is COCCNC(=O)NC(=O)COC(=O)c1cccc(Oc2ccccc2)c1. The molecule has 3 amide bonds. The molecule has 0 unspecified atom stereocenters. The van der Waals surface area contributed by atoms with Crippen LogP contribution in [0, 0.1) is 0 Å². The Balaban J connectivity index is 1.82. The molecular weight excluding hydrogens is 352 g/mol. The molecule has 8 heteroatoms. The van der Waals surface area contributed by atoms with Gasteiger partial charge in [0.15, 0.2) is 6.61 Å². The Kier molecular flexibility index (Phi) is 7.80. The molecular formula is C19H20N2O6. The van der Waals surface area contributed by atoms with E-state index in [9.17, 15) is 14.4 Å². The maximum Gasteiger partial charge on any atom is 0.338 e. The topological polar surface area (TPSA) is 103 Å². The van der Waals surface area contributed by atoms with E-state index in [1.807, 2.05) is 23.5 Å². The fourth-order valence-corrected chi connectivity index (χ4v) is 2.00. The number of rotatable bonds is 8. The van der Waals surface area contributed by atoms with Gasteiger partial charge in [-0.3, -0.25) is 10.1 Å². The fourth-order valence-electron chi connectivity index (χ4n) is 2.00. The summed E-state index contributed by atoms with van der Waals surface area (Å²) < 4.78 is 15.3. The Hall–Kier alpha value is -3.39. The molecule has 0 aromatic heterocycles. The number of hydrogen-bond acceptors (Lipinski definition) is 6. The van der Waals surface area contributed by atoms with Crippen LogP contribution in [0.5, 0.6) is 11.5 Å². The van der Waals surface area contributed by atoms with E-state index in [4.69, 9.17) is 14.2 Å². The smallest absolute Gasteiger partial charge is 0.338 e. The number of carbonyl (C=O) groups excluding carboxylic acids is 3. The van der Waals surface area contributed by atoms with Crippen LogP contribution in [-0.2, 0) is 14.3 Å². The van der Waals surface area contributed by atoms with Crippen molar-refractivity contribution < 1.29 is 28.6 Å². The Morgan fingerprint density at radius 3 is 2.44 bits per heavy atom. The summed E-state index contributed by atoms with van der Waals surface area (Å²) in [6.07, 6.45) is 0. The zero-order chi connectivity index (χ0) is 19.5. The summed E-state index contributed by atoms with van der Waals surface area (Å²) in [6, 6.07) is 14.8. The average molecular weight is 372 g/mol. The Labute approximate surface area is 156 Å². The highest BCUT2D eigenvalue weighted by Crippen LogP contribution is 2.22. The van der Waals surface area contributed by atoms with Gasteiger partial charge < -0.3 is 19.5 Å². The summed E-state index contributed by atoms with van der Waals surface area (Å²) in [4.78, 5) is 35.1. The summed E-state index contributed by atoms with van der Waals surface area (Å²) in [7, 11) is 1.49. The second-order valence-electron chi connectivity index (χ2n) is 5.32. The first-order chi connectivity index (χ1) is 13.1. The van der Waals surface area contributed by atoms with Crippen LogP contribution in [0.3, 0.4) is 0 Å². The van der Waals surface area contributed by atoms with Crippen LogP contribution in [-0.4, -0.2) is 44.8 Å². The summed E-state index contributed by atoms with van der Waals surface area (Å²) in [5.41, 5.74) is 0.223. The summed E-state index contributed by atoms with van der Waals surface area (Å²) >= 11 is 0. The normalized spacial score (nSPS) is 9.96. The van der Waals surface area contributed by atoms with Crippen molar-refractivity contribution in [2.75, 3.05) is 26.9 Å². The maximum atomic E-state index is 12.1. The third-order valence-corrected chi connectivity index (χ3v) is 3.23. The van der Waals surface area contributed by atoms with Crippen LogP contribution < -0.4 is 15.4 Å². The van der Waals surface area contributed by atoms with E-state index in [1.54, 1.807) is 24.3 Å². The molecule has 0 aliphatic heterocycles. The molecule has 2 aromatic rings. The molecule has 0 atom stereocenters. The summed E-state index contributed by atoms with van der Waals surface area (Å²) in [5.74, 6) is -0.363. The van der Waals surface area contributed by atoms with Gasteiger partial charge in [-0.25, -0.2) is 9.59 Å². The van der Waals surface area contributed by atoms with Gasteiger partial charge >= 0.3 is 12.0 Å². The Bertz CT molecular complexity index is 779. The van der Waals surface area contributed by atoms with Crippen molar-refractivity contribution >= 4 is 17.9 Å². The molecule has 0 aliphatic carbocycles. The molecule has 142 valence electrons. The molecule has 0 aliphatic rings. The van der Waals surface area contributed by atoms with Crippen molar-refractivity contribution in [1.82, 2.24) is 10.6 Å². The molecule has 2 aromatic carbocycles. The number of ether oxygens (including phenoxy) is 3. The first-order valence-electron chi connectivity index (χ1n) is 8.15. The van der Waals surface area contributed by atoms with E-state index in [2.05, 4.69) is 5.32 Å². The quantitative estimate of drug-likeness (QED) is 0.543. The van der Waals surface area contributed by atoms with Crippen molar-refractivity contribution in [3.63, 3.8) is 0 Å². The highest BCUT2D eigenvalue weighted by Gasteiger charge is 2.13. The van der Waals surface area contributed by atoms with E-state index in [0.29, 0.717) is 18.1 Å². The molecule has 0 radical (unpaired) electrons. The number of urea groups is 1. The zero-order valence-electron chi connectivity index (χ0n) is 14.8. The van der Waals surface area contributed by atoms with Crippen LogP contribution >= 0.6 is 0 Å². The molecule has 2 N–H and O–H groups in total. The predicted octanol–water partition coefficient (Wildman–Crippen LogP) is 2.11.